The maximum Gasteiger partial charge on any atom is 0.277 e. The van der Waals surface area contributed by atoms with E-state index in [1.54, 1.807) is 11.0 Å². The molecule has 28 heavy (non-hydrogen) atoms. The first kappa shape index (κ1) is 18.9. The fourth-order valence-electron chi connectivity index (χ4n) is 3.02. The number of amides is 1. The van der Waals surface area contributed by atoms with Crippen molar-refractivity contribution in [3.05, 3.63) is 67.5 Å². The van der Waals surface area contributed by atoms with Gasteiger partial charge in [0.05, 0.1) is 18.9 Å². The van der Waals surface area contributed by atoms with E-state index in [-0.39, 0.29) is 16.5 Å². The monoisotopic (exact) mass is 415 g/mol. The summed E-state index contributed by atoms with van der Waals surface area (Å²) in [6.45, 7) is 4.14. The van der Waals surface area contributed by atoms with E-state index in [1.165, 1.54) is 21.9 Å². The molecule has 2 aromatic heterocycles. The van der Waals surface area contributed by atoms with Crippen molar-refractivity contribution in [3.8, 4) is 0 Å². The fourth-order valence-corrected chi connectivity index (χ4v) is 4.16. The van der Waals surface area contributed by atoms with E-state index in [9.17, 15) is 9.59 Å². The summed E-state index contributed by atoms with van der Waals surface area (Å²) < 4.78 is 6.62. The zero-order chi connectivity index (χ0) is 19.7. The molecule has 144 valence electrons. The summed E-state index contributed by atoms with van der Waals surface area (Å²) in [6.07, 6.45) is 5.11. The first-order valence-electron chi connectivity index (χ1n) is 8.86. The second-order valence-electron chi connectivity index (χ2n) is 6.52. The Balaban J connectivity index is 1.69. The van der Waals surface area contributed by atoms with Crippen LogP contribution in [0, 0.1) is 6.92 Å². The third kappa shape index (κ3) is 3.73. The molecule has 0 aliphatic carbocycles. The second kappa shape index (κ2) is 7.87. The van der Waals surface area contributed by atoms with Gasteiger partial charge < -0.3 is 9.64 Å². The fraction of sp³-hybridized carbons (Fsp3) is 0.250. The lowest BCUT2D eigenvalue weighted by atomic mass is 10.1. The summed E-state index contributed by atoms with van der Waals surface area (Å²) in [5, 5.41) is 0.0320. The van der Waals surface area contributed by atoms with E-state index in [1.807, 2.05) is 37.3 Å². The molecule has 1 amide bonds. The lowest BCUT2D eigenvalue weighted by Gasteiger charge is -2.26. The van der Waals surface area contributed by atoms with Gasteiger partial charge in [0.15, 0.2) is 4.96 Å². The van der Waals surface area contributed by atoms with Crippen molar-refractivity contribution in [2.75, 3.05) is 26.3 Å². The van der Waals surface area contributed by atoms with Crippen molar-refractivity contribution in [3.63, 3.8) is 0 Å². The highest BCUT2D eigenvalue weighted by atomic mass is 35.5. The van der Waals surface area contributed by atoms with Gasteiger partial charge in [0.25, 0.3) is 11.5 Å². The molecule has 0 unspecified atom stereocenters. The third-order valence-corrected chi connectivity index (χ3v) is 5.81. The van der Waals surface area contributed by atoms with Gasteiger partial charge in [0, 0.05) is 19.3 Å². The van der Waals surface area contributed by atoms with Crippen molar-refractivity contribution < 1.29 is 9.53 Å². The van der Waals surface area contributed by atoms with Crippen LogP contribution in [-0.4, -0.2) is 46.5 Å². The molecule has 0 spiro atoms. The number of thiazole rings is 1. The van der Waals surface area contributed by atoms with Gasteiger partial charge in [0.2, 0.25) is 0 Å². The number of carbonyl (C=O) groups is 1. The molecule has 1 aliphatic rings. The molecule has 8 heteroatoms. The number of hydrogen-bond donors (Lipinski definition) is 0. The Labute approximate surface area is 170 Å². The number of aryl methyl sites for hydroxylation is 1. The molecule has 0 atom stereocenters. The maximum atomic E-state index is 12.7. The summed E-state index contributed by atoms with van der Waals surface area (Å²) in [6, 6.07) is 7.97. The number of hydrogen-bond acceptors (Lipinski definition) is 5. The minimum atomic E-state index is -0.382. The van der Waals surface area contributed by atoms with Gasteiger partial charge in [0.1, 0.15) is 9.90 Å². The molecule has 6 nitrogen and oxygen atoms in total. The Morgan fingerprint density at radius 1 is 1.29 bits per heavy atom. The van der Waals surface area contributed by atoms with E-state index in [2.05, 4.69) is 4.98 Å². The van der Waals surface area contributed by atoms with Crippen LogP contribution in [0.5, 0.6) is 0 Å². The smallest absolute Gasteiger partial charge is 0.277 e. The van der Waals surface area contributed by atoms with Crippen LogP contribution in [0.2, 0.25) is 5.02 Å². The van der Waals surface area contributed by atoms with E-state index in [0.717, 1.165) is 11.1 Å². The summed E-state index contributed by atoms with van der Waals surface area (Å²) in [5.41, 5.74) is 2.14. The third-order valence-electron chi connectivity index (χ3n) is 4.49. The lowest BCUT2D eigenvalue weighted by molar-refractivity contribution is 0.0306. The maximum absolute atomic E-state index is 12.7. The Kier molecular flexibility index (Phi) is 5.30. The summed E-state index contributed by atoms with van der Waals surface area (Å²) >= 11 is 7.44. The molecule has 1 aromatic carbocycles. The number of halogens is 1. The Morgan fingerprint density at radius 2 is 2.07 bits per heavy atom. The van der Waals surface area contributed by atoms with E-state index < -0.39 is 0 Å². The highest BCUT2D eigenvalue weighted by Gasteiger charge is 2.22. The van der Waals surface area contributed by atoms with Crippen molar-refractivity contribution in [1.82, 2.24) is 14.3 Å². The molecular weight excluding hydrogens is 398 g/mol. The van der Waals surface area contributed by atoms with E-state index in [4.69, 9.17) is 16.3 Å². The Morgan fingerprint density at radius 3 is 2.82 bits per heavy atom. The summed E-state index contributed by atoms with van der Waals surface area (Å²) in [5.74, 6) is -0.119. The first-order valence-corrected chi connectivity index (χ1v) is 10.1. The molecular formula is C20H18ClN3O3S. The number of benzene rings is 1. The SMILES string of the molecule is Cc1cccc(/C=C/c2nc3sc(C(=O)N4CCOCC4)cn3c(=O)c2Cl)c1. The number of fused-ring (bicyclic) bond motifs is 1. The average molecular weight is 416 g/mol. The molecule has 3 heterocycles. The predicted octanol–water partition coefficient (Wildman–Crippen LogP) is 3.36. The van der Waals surface area contributed by atoms with Crippen LogP contribution in [0.4, 0.5) is 0 Å². The lowest BCUT2D eigenvalue weighted by Crippen LogP contribution is -2.40. The largest absolute Gasteiger partial charge is 0.378 e. The predicted molar refractivity (Wildman–Crippen MR) is 111 cm³/mol. The molecule has 0 saturated carbocycles. The summed E-state index contributed by atoms with van der Waals surface area (Å²) in [4.78, 5) is 32.4. The zero-order valence-corrected chi connectivity index (χ0v) is 16.8. The second-order valence-corrected chi connectivity index (χ2v) is 7.90. The number of aromatic nitrogens is 2. The van der Waals surface area contributed by atoms with Gasteiger partial charge in [-0.15, -0.1) is 0 Å². The van der Waals surface area contributed by atoms with E-state index in [0.29, 0.717) is 41.8 Å². The average Bonchev–Trinajstić information content (AvgIpc) is 3.14. The molecule has 1 fully saturated rings. The van der Waals surface area contributed by atoms with Gasteiger partial charge in [-0.05, 0) is 18.6 Å². The van der Waals surface area contributed by atoms with Gasteiger partial charge in [-0.3, -0.25) is 14.0 Å². The van der Waals surface area contributed by atoms with Crippen LogP contribution in [0.1, 0.15) is 26.5 Å². The van der Waals surface area contributed by atoms with E-state index >= 15 is 0 Å². The van der Waals surface area contributed by atoms with Crippen LogP contribution < -0.4 is 5.56 Å². The highest BCUT2D eigenvalue weighted by molar-refractivity contribution is 7.18. The van der Waals surface area contributed by atoms with Crippen molar-refractivity contribution >= 4 is 46.0 Å². The number of rotatable bonds is 3. The van der Waals surface area contributed by atoms with Crippen LogP contribution in [-0.2, 0) is 4.74 Å². The number of nitrogens with zero attached hydrogens (tertiary/aromatic N) is 3. The molecule has 0 radical (unpaired) electrons. The van der Waals surface area contributed by atoms with Gasteiger partial charge >= 0.3 is 0 Å². The zero-order valence-electron chi connectivity index (χ0n) is 15.2. The van der Waals surface area contributed by atoms with Crippen molar-refractivity contribution in [2.45, 2.75) is 6.92 Å². The van der Waals surface area contributed by atoms with Crippen LogP contribution >= 0.6 is 22.9 Å². The molecule has 1 aliphatic heterocycles. The normalized spacial score (nSPS) is 14.9. The molecule has 3 aromatic rings. The van der Waals surface area contributed by atoms with Gasteiger partial charge in [-0.1, -0.05) is 58.8 Å². The Bertz CT molecular complexity index is 1130. The molecule has 4 rings (SSSR count). The topological polar surface area (TPSA) is 63.9 Å². The molecule has 0 bridgehead atoms. The molecule has 1 saturated heterocycles. The first-order chi connectivity index (χ1) is 13.5. The van der Waals surface area contributed by atoms with Crippen LogP contribution in [0.25, 0.3) is 17.1 Å². The minimum Gasteiger partial charge on any atom is -0.378 e. The quantitative estimate of drug-likeness (QED) is 0.658. The highest BCUT2D eigenvalue weighted by Crippen LogP contribution is 2.21. The van der Waals surface area contributed by atoms with Crippen molar-refractivity contribution in [2.24, 2.45) is 0 Å². The standard InChI is InChI=1S/C20H18ClN3O3S/c1-13-3-2-4-14(11-13)5-6-15-17(21)19(26)24-12-16(28-20(24)22-15)18(25)23-7-9-27-10-8-23/h2-6,11-12H,7-10H2,1H3/b6-5+. The number of carbonyl (C=O) groups excluding carboxylic acids is 1. The van der Waals surface area contributed by atoms with Crippen LogP contribution in [0.15, 0.2) is 35.3 Å². The van der Waals surface area contributed by atoms with Gasteiger partial charge in [-0.25, -0.2) is 4.98 Å². The van der Waals surface area contributed by atoms with Crippen molar-refractivity contribution in [1.29, 1.82) is 0 Å². The minimum absolute atomic E-state index is 0.0320. The number of ether oxygens (including phenoxy) is 1. The molecule has 0 N–H and O–H groups in total. The number of morpholine rings is 1. The van der Waals surface area contributed by atoms with Gasteiger partial charge in [-0.2, -0.15) is 0 Å². The summed E-state index contributed by atoms with van der Waals surface area (Å²) in [7, 11) is 0. The Hall–Kier alpha value is -2.48. The van der Waals surface area contributed by atoms with Crippen LogP contribution in [0.3, 0.4) is 0 Å².